The van der Waals surface area contributed by atoms with Crippen LogP contribution in [-0.2, 0) is 31.2 Å². The average molecular weight is 485 g/mol. The summed E-state index contributed by atoms with van der Waals surface area (Å²) in [5.41, 5.74) is 3.39. The van der Waals surface area contributed by atoms with Crippen LogP contribution in [-0.4, -0.2) is 39.5 Å². The van der Waals surface area contributed by atoms with Gasteiger partial charge in [-0.25, -0.2) is 4.98 Å². The summed E-state index contributed by atoms with van der Waals surface area (Å²) in [5.74, 6) is 0.125. The van der Waals surface area contributed by atoms with Gasteiger partial charge in [0, 0.05) is 54.9 Å². The number of aromatic nitrogens is 2. The van der Waals surface area contributed by atoms with E-state index in [9.17, 15) is 4.79 Å². The van der Waals surface area contributed by atoms with E-state index in [0.29, 0.717) is 17.5 Å². The minimum Gasteiger partial charge on any atom is -0.341 e. The average Bonchev–Trinajstić information content (AvgIpc) is 3.43. The molecule has 7 heteroatoms. The van der Waals surface area contributed by atoms with Crippen molar-refractivity contribution in [3.05, 3.63) is 87.9 Å². The molecule has 5 nitrogen and oxygen atoms in total. The molecule has 3 aromatic rings. The largest absolute Gasteiger partial charge is 0.341 e. The Balaban J connectivity index is 1.40. The van der Waals surface area contributed by atoms with E-state index in [0.717, 1.165) is 60.7 Å². The lowest BCUT2D eigenvalue weighted by Gasteiger charge is -2.24. The number of benzene rings is 2. The lowest BCUT2D eigenvalue weighted by molar-refractivity contribution is -0.134. The quantitative estimate of drug-likeness (QED) is 0.469. The maximum Gasteiger partial charge on any atom is 0.226 e. The monoisotopic (exact) mass is 484 g/mol. The third-order valence-corrected chi connectivity index (χ3v) is 6.85. The highest BCUT2D eigenvalue weighted by Crippen LogP contribution is 2.23. The van der Waals surface area contributed by atoms with Crippen LogP contribution in [0.3, 0.4) is 0 Å². The predicted molar refractivity (Wildman–Crippen MR) is 133 cm³/mol. The number of rotatable bonds is 9. The van der Waals surface area contributed by atoms with E-state index < -0.39 is 0 Å². The fraction of sp³-hybridized carbons (Fsp3) is 0.385. The van der Waals surface area contributed by atoms with Crippen LogP contribution in [0.4, 0.5) is 0 Å². The van der Waals surface area contributed by atoms with Crippen LogP contribution >= 0.6 is 23.2 Å². The van der Waals surface area contributed by atoms with E-state index >= 15 is 0 Å². The molecule has 1 unspecified atom stereocenters. The van der Waals surface area contributed by atoms with Crippen LogP contribution in [0.2, 0.25) is 10.0 Å². The molecular formula is C26H30Cl2N4O. The van der Waals surface area contributed by atoms with E-state index in [2.05, 4.69) is 16.4 Å². The lowest BCUT2D eigenvalue weighted by Crippen LogP contribution is -2.38. The predicted octanol–water partition coefficient (Wildman–Crippen LogP) is 4.91. The Morgan fingerprint density at radius 1 is 1.15 bits per heavy atom. The Labute approximate surface area is 205 Å². The summed E-state index contributed by atoms with van der Waals surface area (Å²) >= 11 is 12.4. The van der Waals surface area contributed by atoms with Crippen LogP contribution in [0.1, 0.15) is 29.7 Å². The Hall–Kier alpha value is -2.34. The number of aryl methyl sites for hydroxylation is 2. The zero-order chi connectivity index (χ0) is 23.2. The van der Waals surface area contributed by atoms with Crippen LogP contribution in [0, 0.1) is 5.92 Å². The molecular weight excluding hydrogens is 455 g/mol. The molecule has 2 heterocycles. The molecule has 33 heavy (non-hydrogen) atoms. The topological polar surface area (TPSA) is 50.2 Å². The zero-order valence-electron chi connectivity index (χ0n) is 18.9. The zero-order valence-corrected chi connectivity index (χ0v) is 20.4. The maximum atomic E-state index is 13.6. The summed E-state index contributed by atoms with van der Waals surface area (Å²) in [5, 5.41) is 5.01. The summed E-state index contributed by atoms with van der Waals surface area (Å²) < 4.78 is 2.02. The molecule has 0 spiro atoms. The van der Waals surface area contributed by atoms with Gasteiger partial charge in [0.2, 0.25) is 5.91 Å². The molecule has 2 atom stereocenters. The normalized spacial score (nSPS) is 16.8. The molecule has 0 saturated carbocycles. The van der Waals surface area contributed by atoms with E-state index in [1.165, 1.54) is 0 Å². The van der Waals surface area contributed by atoms with Crippen LogP contribution in [0.25, 0.3) is 0 Å². The number of imidazole rings is 1. The second-order valence-corrected chi connectivity index (χ2v) is 9.72. The standard InChI is InChI=1S/C26H30Cl2N4O/c1-31-18-29-15-25(31)16-30-24-10-11-32(17-24)26(33)21(12-20-5-3-7-23(28)14-20)9-8-19-4-2-6-22(27)13-19/h2-7,13-15,18,21,24,30H,8-12,16-17H2,1H3/t21-,24?/m0/s1. The highest BCUT2D eigenvalue weighted by atomic mass is 35.5. The number of carbonyl (C=O) groups excluding carboxylic acids is 1. The third-order valence-electron chi connectivity index (χ3n) is 6.38. The van der Waals surface area contributed by atoms with E-state index in [-0.39, 0.29) is 11.8 Å². The van der Waals surface area contributed by atoms with Gasteiger partial charge in [0.25, 0.3) is 0 Å². The van der Waals surface area contributed by atoms with Gasteiger partial charge in [0.05, 0.1) is 12.0 Å². The van der Waals surface area contributed by atoms with Crippen molar-refractivity contribution in [2.45, 2.75) is 38.3 Å². The number of nitrogens with one attached hydrogen (secondary N) is 1. The van der Waals surface area contributed by atoms with Crippen molar-refractivity contribution in [3.63, 3.8) is 0 Å². The van der Waals surface area contributed by atoms with Crippen LogP contribution in [0.5, 0.6) is 0 Å². The van der Waals surface area contributed by atoms with Crippen LogP contribution < -0.4 is 5.32 Å². The van der Waals surface area contributed by atoms with Crippen LogP contribution in [0.15, 0.2) is 61.1 Å². The molecule has 1 aromatic heterocycles. The van der Waals surface area contributed by atoms with Gasteiger partial charge in [-0.3, -0.25) is 4.79 Å². The number of hydrogen-bond donors (Lipinski definition) is 1. The molecule has 1 aliphatic heterocycles. The smallest absolute Gasteiger partial charge is 0.226 e. The Kier molecular flexibility index (Phi) is 8.07. The molecule has 1 aliphatic rings. The van der Waals surface area contributed by atoms with Crippen molar-refractivity contribution in [1.29, 1.82) is 0 Å². The lowest BCUT2D eigenvalue weighted by atomic mass is 9.91. The SMILES string of the molecule is Cn1cncc1CNC1CCN(C(=O)[C@@H](CCc2cccc(Cl)c2)Cc2cccc(Cl)c2)C1. The molecule has 0 radical (unpaired) electrons. The van der Waals surface area contributed by atoms with Gasteiger partial charge in [-0.15, -0.1) is 0 Å². The molecule has 0 bridgehead atoms. The van der Waals surface area contributed by atoms with Gasteiger partial charge in [0.15, 0.2) is 0 Å². The molecule has 4 rings (SSSR count). The summed E-state index contributed by atoms with van der Waals surface area (Å²) in [6, 6.07) is 16.0. The molecule has 174 valence electrons. The minimum atomic E-state index is -0.0988. The van der Waals surface area contributed by atoms with Crippen molar-refractivity contribution in [3.8, 4) is 0 Å². The van der Waals surface area contributed by atoms with Crippen molar-refractivity contribution < 1.29 is 4.79 Å². The second-order valence-electron chi connectivity index (χ2n) is 8.85. The Morgan fingerprint density at radius 3 is 2.58 bits per heavy atom. The fourth-order valence-corrected chi connectivity index (χ4v) is 4.91. The third kappa shape index (κ3) is 6.59. The maximum absolute atomic E-state index is 13.6. The molecule has 1 saturated heterocycles. The molecule has 2 aromatic carbocycles. The fourth-order valence-electron chi connectivity index (χ4n) is 4.48. The molecule has 0 aliphatic carbocycles. The first-order chi connectivity index (χ1) is 16.0. The van der Waals surface area contributed by atoms with Crippen molar-refractivity contribution in [2.24, 2.45) is 13.0 Å². The van der Waals surface area contributed by atoms with Gasteiger partial charge in [-0.1, -0.05) is 47.5 Å². The van der Waals surface area contributed by atoms with Gasteiger partial charge < -0.3 is 14.8 Å². The summed E-state index contributed by atoms with van der Waals surface area (Å²) in [6.07, 6.45) is 6.91. The number of amides is 1. The highest BCUT2D eigenvalue weighted by molar-refractivity contribution is 6.30. The molecule has 1 fully saturated rings. The van der Waals surface area contributed by atoms with Crippen molar-refractivity contribution in [2.75, 3.05) is 13.1 Å². The summed E-state index contributed by atoms with van der Waals surface area (Å²) in [7, 11) is 1.99. The number of likely N-dealkylation sites (tertiary alicyclic amines) is 1. The van der Waals surface area contributed by atoms with E-state index in [1.807, 2.05) is 71.5 Å². The molecule has 1 N–H and O–H groups in total. The Bertz CT molecular complexity index is 1080. The number of nitrogens with zero attached hydrogens (tertiary/aromatic N) is 3. The van der Waals surface area contributed by atoms with Gasteiger partial charge in [-0.2, -0.15) is 0 Å². The van der Waals surface area contributed by atoms with Gasteiger partial charge in [0.1, 0.15) is 0 Å². The first-order valence-corrected chi connectivity index (χ1v) is 12.2. The number of carbonyl (C=O) groups is 1. The molecule has 1 amide bonds. The van der Waals surface area contributed by atoms with E-state index in [1.54, 1.807) is 0 Å². The van der Waals surface area contributed by atoms with Crippen molar-refractivity contribution >= 4 is 29.1 Å². The highest BCUT2D eigenvalue weighted by Gasteiger charge is 2.30. The van der Waals surface area contributed by atoms with E-state index in [4.69, 9.17) is 23.2 Å². The van der Waals surface area contributed by atoms with Gasteiger partial charge in [-0.05, 0) is 61.1 Å². The summed E-state index contributed by atoms with van der Waals surface area (Å²) in [6.45, 7) is 2.27. The number of halogens is 2. The Morgan fingerprint density at radius 2 is 1.88 bits per heavy atom. The van der Waals surface area contributed by atoms with Crippen molar-refractivity contribution in [1.82, 2.24) is 19.8 Å². The first kappa shape index (κ1) is 23.8. The van der Waals surface area contributed by atoms with Gasteiger partial charge >= 0.3 is 0 Å². The first-order valence-electron chi connectivity index (χ1n) is 11.4. The minimum absolute atomic E-state index is 0.0988. The second kappa shape index (κ2) is 11.2. The number of hydrogen-bond acceptors (Lipinski definition) is 3. The summed E-state index contributed by atoms with van der Waals surface area (Å²) in [4.78, 5) is 19.8.